The van der Waals surface area contributed by atoms with E-state index in [-0.39, 0.29) is 24.9 Å². The maximum Gasteiger partial charge on any atom is 0.306 e. The molecule has 0 bridgehead atoms. The Morgan fingerprint density at radius 2 is 2.42 bits per heavy atom. The van der Waals surface area contributed by atoms with Gasteiger partial charge in [-0.05, 0) is 0 Å². The van der Waals surface area contributed by atoms with Crippen molar-refractivity contribution in [1.29, 1.82) is 0 Å². The summed E-state index contributed by atoms with van der Waals surface area (Å²) in [6, 6.07) is 0. The number of ether oxygens (including phenoxy) is 1. The highest BCUT2D eigenvalue weighted by atomic mass is 31.0. The number of cyclic esters (lactones) is 1. The number of nitro groups is 1. The Morgan fingerprint density at radius 3 is 2.75 bits per heavy atom. The SMILES string of the molecule is CC(P)(C1COC(=O)C1)[N+](=O)[O-]. The Labute approximate surface area is 71.8 Å². The smallest absolute Gasteiger partial charge is 0.306 e. The molecule has 0 spiro atoms. The predicted molar refractivity (Wildman–Crippen MR) is 44.2 cm³/mol. The van der Waals surface area contributed by atoms with Crippen molar-refractivity contribution in [3.63, 3.8) is 0 Å². The normalized spacial score (nSPS) is 27.8. The van der Waals surface area contributed by atoms with Gasteiger partial charge in [0, 0.05) is 11.8 Å². The van der Waals surface area contributed by atoms with Gasteiger partial charge in [0.15, 0.2) is 0 Å². The Hall–Kier alpha value is -0.700. The van der Waals surface area contributed by atoms with Crippen LogP contribution in [0.5, 0.6) is 0 Å². The molecule has 68 valence electrons. The molecular weight excluding hydrogens is 181 g/mol. The molecule has 1 saturated heterocycles. The molecule has 3 unspecified atom stereocenters. The first-order chi connectivity index (χ1) is 5.44. The van der Waals surface area contributed by atoms with Crippen molar-refractivity contribution < 1.29 is 14.5 Å². The molecule has 0 aromatic heterocycles. The second kappa shape index (κ2) is 2.98. The molecule has 1 rings (SSSR count). The number of carbonyl (C=O) groups excluding carboxylic acids is 1. The number of rotatable bonds is 2. The lowest BCUT2D eigenvalue weighted by Gasteiger charge is -2.19. The van der Waals surface area contributed by atoms with E-state index >= 15 is 0 Å². The Morgan fingerprint density at radius 1 is 1.83 bits per heavy atom. The number of hydrogen-bond acceptors (Lipinski definition) is 4. The van der Waals surface area contributed by atoms with Crippen LogP contribution in [-0.4, -0.2) is 22.8 Å². The highest BCUT2D eigenvalue weighted by Crippen LogP contribution is 2.34. The summed E-state index contributed by atoms with van der Waals surface area (Å²) in [6.45, 7) is 1.63. The van der Waals surface area contributed by atoms with Gasteiger partial charge < -0.3 is 4.74 Å². The number of carbonyl (C=O) groups is 1. The second-order valence-corrected chi connectivity index (χ2v) is 4.24. The first-order valence-electron chi connectivity index (χ1n) is 3.53. The summed E-state index contributed by atoms with van der Waals surface area (Å²) in [5.41, 5.74) is 0. The number of hydrogen-bond donors (Lipinski definition) is 0. The maximum absolute atomic E-state index is 10.7. The molecule has 0 aromatic carbocycles. The van der Waals surface area contributed by atoms with Crippen LogP contribution in [0.25, 0.3) is 0 Å². The van der Waals surface area contributed by atoms with E-state index in [1.54, 1.807) is 0 Å². The van der Waals surface area contributed by atoms with Crippen molar-refractivity contribution in [3.05, 3.63) is 10.1 Å². The van der Waals surface area contributed by atoms with Crippen LogP contribution >= 0.6 is 9.24 Å². The van der Waals surface area contributed by atoms with Gasteiger partial charge >= 0.3 is 5.97 Å². The van der Waals surface area contributed by atoms with Gasteiger partial charge in [-0.3, -0.25) is 14.9 Å². The Kier molecular flexibility index (Phi) is 2.33. The maximum atomic E-state index is 10.7. The molecule has 1 heterocycles. The zero-order chi connectivity index (χ0) is 9.35. The van der Waals surface area contributed by atoms with E-state index in [0.29, 0.717) is 0 Å². The first kappa shape index (κ1) is 9.39. The van der Waals surface area contributed by atoms with Crippen LogP contribution in [-0.2, 0) is 9.53 Å². The van der Waals surface area contributed by atoms with E-state index in [1.807, 2.05) is 0 Å². The van der Waals surface area contributed by atoms with E-state index in [2.05, 4.69) is 14.0 Å². The van der Waals surface area contributed by atoms with Gasteiger partial charge in [-0.25, -0.2) is 0 Å². The van der Waals surface area contributed by atoms with Crippen LogP contribution < -0.4 is 0 Å². The number of esters is 1. The van der Waals surface area contributed by atoms with Gasteiger partial charge in [0.1, 0.15) is 6.61 Å². The fourth-order valence-corrected chi connectivity index (χ4v) is 1.25. The monoisotopic (exact) mass is 191 g/mol. The van der Waals surface area contributed by atoms with Crippen molar-refractivity contribution in [2.75, 3.05) is 6.61 Å². The third-order valence-corrected chi connectivity index (χ3v) is 2.76. The van der Waals surface area contributed by atoms with E-state index in [4.69, 9.17) is 0 Å². The molecule has 0 aromatic rings. The van der Waals surface area contributed by atoms with Crippen LogP contribution in [0.2, 0.25) is 0 Å². The molecular formula is C6H10NO4P. The Balaban J connectivity index is 2.70. The van der Waals surface area contributed by atoms with Crippen LogP contribution in [0.1, 0.15) is 13.3 Å². The molecule has 5 nitrogen and oxygen atoms in total. The second-order valence-electron chi connectivity index (χ2n) is 3.07. The quantitative estimate of drug-likeness (QED) is 0.274. The summed E-state index contributed by atoms with van der Waals surface area (Å²) in [5.74, 6) is -0.680. The zero-order valence-electron chi connectivity index (χ0n) is 6.65. The van der Waals surface area contributed by atoms with Crippen LogP contribution in [0.4, 0.5) is 0 Å². The summed E-state index contributed by atoms with van der Waals surface area (Å²) in [7, 11) is 2.16. The van der Waals surface area contributed by atoms with Crippen molar-refractivity contribution in [1.82, 2.24) is 0 Å². The van der Waals surface area contributed by atoms with Crippen molar-refractivity contribution in [2.45, 2.75) is 18.6 Å². The van der Waals surface area contributed by atoms with Crippen LogP contribution in [0, 0.1) is 16.0 Å². The molecule has 0 aliphatic carbocycles. The topological polar surface area (TPSA) is 69.4 Å². The van der Waals surface area contributed by atoms with Gasteiger partial charge in [-0.1, -0.05) is 9.24 Å². The molecule has 6 heteroatoms. The summed E-state index contributed by atoms with van der Waals surface area (Å²) in [6.07, 6.45) is 0.140. The predicted octanol–water partition coefficient (Wildman–Crippen LogP) is 0.417. The summed E-state index contributed by atoms with van der Waals surface area (Å²) < 4.78 is 4.65. The third-order valence-electron chi connectivity index (χ3n) is 2.08. The van der Waals surface area contributed by atoms with E-state index in [9.17, 15) is 14.9 Å². The van der Waals surface area contributed by atoms with Gasteiger partial charge in [0.25, 0.3) is 0 Å². The van der Waals surface area contributed by atoms with Crippen molar-refractivity contribution in [3.8, 4) is 0 Å². The largest absolute Gasteiger partial charge is 0.465 e. The molecule has 12 heavy (non-hydrogen) atoms. The minimum Gasteiger partial charge on any atom is -0.465 e. The van der Waals surface area contributed by atoms with E-state index in [0.717, 1.165) is 0 Å². The van der Waals surface area contributed by atoms with Crippen molar-refractivity contribution >= 4 is 15.2 Å². The Bertz CT molecular complexity index is 228. The van der Waals surface area contributed by atoms with Crippen molar-refractivity contribution in [2.24, 2.45) is 5.92 Å². The fraction of sp³-hybridized carbons (Fsp3) is 0.833. The standard InChI is InChI=1S/C6H10NO4P/c1-6(12,7(9)10)4-2-5(8)11-3-4/h4H,2-3,12H2,1H3. The van der Waals surface area contributed by atoms with E-state index < -0.39 is 10.2 Å². The summed E-state index contributed by atoms with van der Waals surface area (Å²) in [5, 5.41) is 9.39. The van der Waals surface area contributed by atoms with Gasteiger partial charge in [-0.2, -0.15) is 0 Å². The highest BCUT2D eigenvalue weighted by Gasteiger charge is 2.46. The fourth-order valence-electron chi connectivity index (χ4n) is 1.04. The third kappa shape index (κ3) is 1.55. The summed E-state index contributed by atoms with van der Waals surface area (Å²) >= 11 is 0. The molecule has 0 amide bonds. The molecule has 1 fully saturated rings. The van der Waals surface area contributed by atoms with E-state index in [1.165, 1.54) is 6.92 Å². The first-order valence-corrected chi connectivity index (χ1v) is 4.11. The van der Waals surface area contributed by atoms with Gasteiger partial charge in [0.05, 0.1) is 12.3 Å². The average Bonchev–Trinajstić information content (AvgIpc) is 2.35. The van der Waals surface area contributed by atoms with Crippen LogP contribution in [0.15, 0.2) is 0 Å². The lowest BCUT2D eigenvalue weighted by Crippen LogP contribution is -2.36. The molecule has 1 aliphatic heterocycles. The van der Waals surface area contributed by atoms with Crippen LogP contribution in [0.3, 0.4) is 0 Å². The zero-order valence-corrected chi connectivity index (χ0v) is 7.80. The molecule has 3 atom stereocenters. The molecule has 1 aliphatic rings. The molecule has 0 radical (unpaired) electrons. The van der Waals surface area contributed by atoms with Gasteiger partial charge in [0.2, 0.25) is 5.28 Å². The minimum absolute atomic E-state index is 0.140. The highest BCUT2D eigenvalue weighted by molar-refractivity contribution is 7.18. The molecule has 0 saturated carbocycles. The lowest BCUT2D eigenvalue weighted by molar-refractivity contribution is -0.544. The minimum atomic E-state index is -1.15. The molecule has 0 N–H and O–H groups in total. The average molecular weight is 191 g/mol. The van der Waals surface area contributed by atoms with Gasteiger partial charge in [-0.15, -0.1) is 0 Å². The summed E-state index contributed by atoms with van der Waals surface area (Å²) in [4.78, 5) is 20.8. The lowest BCUT2D eigenvalue weighted by atomic mass is 10.0. The number of nitrogens with zero attached hydrogens (tertiary/aromatic N) is 1.